The van der Waals surface area contributed by atoms with Crippen molar-refractivity contribution in [1.29, 1.82) is 0 Å². The van der Waals surface area contributed by atoms with Crippen molar-refractivity contribution in [2.45, 2.75) is 88.6 Å². The number of hydrogen-bond acceptors (Lipinski definition) is 8. The van der Waals surface area contributed by atoms with Gasteiger partial charge in [0.25, 0.3) is 5.91 Å². The van der Waals surface area contributed by atoms with Crippen LogP contribution in [0.15, 0.2) is 78.9 Å². The largest absolute Gasteiger partial charge is 0.491 e. The number of carbonyl (C=O) groups is 5. The summed E-state index contributed by atoms with van der Waals surface area (Å²) in [6.45, 7) is 5.98. The van der Waals surface area contributed by atoms with Crippen LogP contribution in [0.2, 0.25) is 0 Å². The van der Waals surface area contributed by atoms with Crippen LogP contribution in [0.4, 0.5) is 0 Å². The first-order valence-corrected chi connectivity index (χ1v) is 19.7. The minimum atomic E-state index is -1.18. The Morgan fingerprint density at radius 2 is 1.54 bits per heavy atom. The molecule has 1 spiro atoms. The molecule has 0 aromatic heterocycles. The summed E-state index contributed by atoms with van der Waals surface area (Å²) in [5.74, 6) is -1.85. The van der Waals surface area contributed by atoms with E-state index in [1.165, 1.54) is 0 Å². The molecule has 1 aliphatic carbocycles. The standard InChI is InChI=1S/C43H54N6O7/c1-30-41(53)48(2)34(26-31-10-4-3-5-11-31)29-56-37-13-7-6-12-35(37)39(51)46-36(18-19-38(50)47-43(42(54)45-30)20-8-9-21-43)40(52)44-27-32-14-16-33(17-15-32)28-49-22-24-55-25-23-49/h3-7,10-17,30,34,36H,8-9,18-29H2,1-2H3,(H,44,52)(H,45,54)(H,46,51)(H,47,50)/t30-,34-,36-/m0/s1. The van der Waals surface area contributed by atoms with Crippen molar-refractivity contribution in [3.63, 3.8) is 0 Å². The molecular weight excluding hydrogens is 713 g/mol. The maximum atomic E-state index is 13.9. The SMILES string of the molecule is C[C@@H]1NC(=O)C2(CCCC2)NC(=O)CC[C@@H](C(=O)NCc2ccc(CN3CCOCC3)cc2)NC(=O)c2ccccc2OC[C@H](Cc2ccccc2)N(C)C1=O. The lowest BCUT2D eigenvalue weighted by atomic mass is 9.95. The third kappa shape index (κ3) is 10.5. The first-order chi connectivity index (χ1) is 27.1. The van der Waals surface area contributed by atoms with Crippen molar-refractivity contribution in [3.05, 3.63) is 101 Å². The highest BCUT2D eigenvalue weighted by molar-refractivity contribution is 6.00. The smallest absolute Gasteiger partial charge is 0.255 e. The van der Waals surface area contributed by atoms with E-state index in [0.717, 1.165) is 62.4 Å². The van der Waals surface area contributed by atoms with E-state index in [1.807, 2.05) is 54.6 Å². The van der Waals surface area contributed by atoms with Gasteiger partial charge in [0.15, 0.2) is 0 Å². The molecule has 4 N–H and O–H groups in total. The van der Waals surface area contributed by atoms with Gasteiger partial charge in [0.05, 0.1) is 24.8 Å². The Balaban J connectivity index is 1.22. The number of likely N-dealkylation sites (N-methyl/N-ethyl adjacent to an activating group) is 1. The molecule has 1 saturated heterocycles. The molecule has 0 unspecified atom stereocenters. The van der Waals surface area contributed by atoms with Crippen LogP contribution in [0.25, 0.3) is 0 Å². The maximum absolute atomic E-state index is 13.9. The molecule has 13 heteroatoms. The van der Waals surface area contributed by atoms with Gasteiger partial charge in [-0.3, -0.25) is 28.9 Å². The highest BCUT2D eigenvalue weighted by Gasteiger charge is 2.44. The van der Waals surface area contributed by atoms with E-state index in [4.69, 9.17) is 9.47 Å². The van der Waals surface area contributed by atoms with Gasteiger partial charge < -0.3 is 35.6 Å². The second-order valence-corrected chi connectivity index (χ2v) is 15.1. The maximum Gasteiger partial charge on any atom is 0.255 e. The van der Waals surface area contributed by atoms with E-state index >= 15 is 0 Å². The molecule has 13 nitrogen and oxygen atoms in total. The van der Waals surface area contributed by atoms with Gasteiger partial charge in [-0.05, 0) is 61.4 Å². The van der Waals surface area contributed by atoms with Gasteiger partial charge in [0, 0.05) is 39.6 Å². The molecule has 3 aliphatic rings. The summed E-state index contributed by atoms with van der Waals surface area (Å²) in [5, 5.41) is 11.7. The fourth-order valence-electron chi connectivity index (χ4n) is 7.63. The summed E-state index contributed by atoms with van der Waals surface area (Å²) < 4.78 is 11.8. The lowest BCUT2D eigenvalue weighted by molar-refractivity contribution is -0.139. The summed E-state index contributed by atoms with van der Waals surface area (Å²) in [4.78, 5) is 72.9. The second kappa shape index (κ2) is 19.1. The molecule has 0 radical (unpaired) electrons. The van der Waals surface area contributed by atoms with Gasteiger partial charge in [-0.1, -0.05) is 79.6 Å². The van der Waals surface area contributed by atoms with Gasteiger partial charge >= 0.3 is 0 Å². The van der Waals surface area contributed by atoms with Crippen LogP contribution in [-0.2, 0) is 43.4 Å². The predicted molar refractivity (Wildman–Crippen MR) is 210 cm³/mol. The van der Waals surface area contributed by atoms with E-state index in [-0.39, 0.29) is 43.2 Å². The normalized spacial score (nSPS) is 22.8. The Morgan fingerprint density at radius 3 is 2.27 bits per heavy atom. The van der Waals surface area contributed by atoms with Crippen molar-refractivity contribution < 1.29 is 33.4 Å². The number of hydrogen-bond donors (Lipinski definition) is 4. The van der Waals surface area contributed by atoms with E-state index in [9.17, 15) is 24.0 Å². The summed E-state index contributed by atoms with van der Waals surface area (Å²) in [6, 6.07) is 22.1. The quantitative estimate of drug-likeness (QED) is 0.286. The Bertz CT molecular complexity index is 1830. The summed E-state index contributed by atoms with van der Waals surface area (Å²) in [6.07, 6.45) is 2.64. The van der Waals surface area contributed by atoms with E-state index in [2.05, 4.69) is 26.2 Å². The number of amides is 5. The highest BCUT2D eigenvalue weighted by Crippen LogP contribution is 2.31. The minimum absolute atomic E-state index is 0.0125. The Kier molecular flexibility index (Phi) is 13.7. The predicted octanol–water partition coefficient (Wildman–Crippen LogP) is 3.11. The molecule has 1 saturated carbocycles. The van der Waals surface area contributed by atoms with Crippen LogP contribution in [-0.4, -0.2) is 103 Å². The third-order valence-electron chi connectivity index (χ3n) is 11.0. The summed E-state index contributed by atoms with van der Waals surface area (Å²) in [7, 11) is 1.68. The number of nitrogens with zero attached hydrogens (tertiary/aromatic N) is 2. The molecule has 0 bridgehead atoms. The van der Waals surface area contributed by atoms with Crippen molar-refractivity contribution in [1.82, 2.24) is 31.1 Å². The fraction of sp³-hybridized carbons (Fsp3) is 0.465. The molecule has 2 heterocycles. The van der Waals surface area contributed by atoms with Gasteiger partial charge in [-0.2, -0.15) is 0 Å². The van der Waals surface area contributed by atoms with Crippen LogP contribution in [0.1, 0.15) is 72.5 Å². The molecule has 56 heavy (non-hydrogen) atoms. The molecule has 3 atom stereocenters. The number of carbonyl (C=O) groups excluding carboxylic acids is 5. The van der Waals surface area contributed by atoms with E-state index < -0.39 is 47.3 Å². The van der Waals surface area contributed by atoms with Crippen molar-refractivity contribution in [2.24, 2.45) is 0 Å². The van der Waals surface area contributed by atoms with E-state index in [1.54, 1.807) is 43.1 Å². The van der Waals surface area contributed by atoms with Crippen LogP contribution < -0.4 is 26.0 Å². The monoisotopic (exact) mass is 766 g/mol. The zero-order valence-electron chi connectivity index (χ0n) is 32.4. The average Bonchev–Trinajstić information content (AvgIpc) is 3.70. The third-order valence-corrected chi connectivity index (χ3v) is 11.0. The minimum Gasteiger partial charge on any atom is -0.491 e. The topological polar surface area (TPSA) is 158 Å². The molecular formula is C43H54N6O7. The number of nitrogens with one attached hydrogen (secondary N) is 4. The Morgan fingerprint density at radius 1 is 0.857 bits per heavy atom. The lowest BCUT2D eigenvalue weighted by Gasteiger charge is -2.34. The van der Waals surface area contributed by atoms with Crippen LogP contribution >= 0.6 is 0 Å². The molecule has 5 amide bonds. The number of fused-ring (bicyclic) bond motifs is 1. The summed E-state index contributed by atoms with van der Waals surface area (Å²) in [5.41, 5.74) is 2.07. The Hall–Kier alpha value is -5.27. The van der Waals surface area contributed by atoms with Crippen molar-refractivity contribution in [3.8, 4) is 5.75 Å². The van der Waals surface area contributed by atoms with E-state index in [0.29, 0.717) is 19.3 Å². The zero-order chi connectivity index (χ0) is 39.5. The number of morpholine rings is 1. The van der Waals surface area contributed by atoms with Gasteiger partial charge in [-0.25, -0.2) is 0 Å². The van der Waals surface area contributed by atoms with Crippen LogP contribution in [0.3, 0.4) is 0 Å². The number of ether oxygens (including phenoxy) is 2. The van der Waals surface area contributed by atoms with Crippen molar-refractivity contribution >= 4 is 29.5 Å². The van der Waals surface area contributed by atoms with Crippen LogP contribution in [0.5, 0.6) is 5.75 Å². The fourth-order valence-corrected chi connectivity index (χ4v) is 7.63. The number of rotatable bonds is 7. The highest BCUT2D eigenvalue weighted by atomic mass is 16.5. The lowest BCUT2D eigenvalue weighted by Crippen LogP contribution is -2.61. The van der Waals surface area contributed by atoms with Gasteiger partial charge in [-0.15, -0.1) is 0 Å². The number of para-hydroxylation sites is 1. The average molecular weight is 767 g/mol. The zero-order valence-corrected chi connectivity index (χ0v) is 32.4. The molecule has 298 valence electrons. The Labute approximate surface area is 328 Å². The second-order valence-electron chi connectivity index (χ2n) is 15.1. The molecule has 3 aromatic carbocycles. The molecule has 2 fully saturated rings. The molecule has 6 rings (SSSR count). The molecule has 3 aromatic rings. The van der Waals surface area contributed by atoms with Crippen LogP contribution in [0, 0.1) is 0 Å². The molecule has 2 aliphatic heterocycles. The first kappa shape index (κ1) is 40.4. The first-order valence-electron chi connectivity index (χ1n) is 19.7. The van der Waals surface area contributed by atoms with Gasteiger partial charge in [0.1, 0.15) is 30.0 Å². The number of benzene rings is 3. The van der Waals surface area contributed by atoms with Crippen molar-refractivity contribution in [2.75, 3.05) is 40.0 Å². The summed E-state index contributed by atoms with van der Waals surface area (Å²) >= 11 is 0. The van der Waals surface area contributed by atoms with Gasteiger partial charge in [0.2, 0.25) is 23.6 Å².